The number of halogens is 1. The second kappa shape index (κ2) is 4.87. The van der Waals surface area contributed by atoms with Crippen LogP contribution in [-0.2, 0) is 0 Å². The minimum absolute atomic E-state index is 0.318. The first kappa shape index (κ1) is 12.1. The monoisotopic (exact) mass is 295 g/mol. The van der Waals surface area contributed by atoms with Gasteiger partial charge in [0.25, 0.3) is 0 Å². The van der Waals surface area contributed by atoms with Crippen molar-refractivity contribution in [2.75, 3.05) is 7.11 Å². The Bertz CT molecular complexity index is 522. The Morgan fingerprint density at radius 1 is 1.35 bits per heavy atom. The van der Waals surface area contributed by atoms with E-state index in [1.165, 1.54) is 0 Å². The molecule has 0 saturated carbocycles. The van der Waals surface area contributed by atoms with Crippen LogP contribution in [0.5, 0.6) is 5.75 Å². The molecular formula is C12H14BrN3O. The molecule has 0 atom stereocenters. The highest BCUT2D eigenvalue weighted by atomic mass is 79.9. The Labute approximate surface area is 109 Å². The number of aromatic nitrogens is 3. The zero-order valence-electron chi connectivity index (χ0n) is 10.0. The predicted molar refractivity (Wildman–Crippen MR) is 70.1 cm³/mol. The summed E-state index contributed by atoms with van der Waals surface area (Å²) in [5, 5.41) is 8.14. The maximum Gasteiger partial charge on any atom is 0.165 e. The Hall–Kier alpha value is -1.36. The standard InChI is InChI=1S/C12H14BrN3O/c1-8(2)16-7-14-15-12(16)10-6-9(17-3)4-5-11(10)13/h4-8H,1-3H3. The lowest BCUT2D eigenvalue weighted by Crippen LogP contribution is -2.02. The molecule has 1 heterocycles. The molecule has 17 heavy (non-hydrogen) atoms. The molecule has 1 aromatic carbocycles. The highest BCUT2D eigenvalue weighted by Crippen LogP contribution is 2.31. The van der Waals surface area contributed by atoms with Crippen molar-refractivity contribution in [1.82, 2.24) is 14.8 Å². The summed E-state index contributed by atoms with van der Waals surface area (Å²) < 4.78 is 8.24. The fourth-order valence-electron chi connectivity index (χ4n) is 1.62. The van der Waals surface area contributed by atoms with E-state index in [4.69, 9.17) is 4.74 Å². The van der Waals surface area contributed by atoms with Crippen molar-refractivity contribution in [2.45, 2.75) is 19.9 Å². The molecule has 0 amide bonds. The van der Waals surface area contributed by atoms with Crippen LogP contribution in [0.1, 0.15) is 19.9 Å². The molecule has 0 aliphatic rings. The van der Waals surface area contributed by atoms with Crippen LogP contribution in [0.15, 0.2) is 29.0 Å². The first-order valence-corrected chi connectivity index (χ1v) is 6.16. The summed E-state index contributed by atoms with van der Waals surface area (Å²) in [6.07, 6.45) is 1.74. The van der Waals surface area contributed by atoms with E-state index in [9.17, 15) is 0 Å². The molecule has 5 heteroatoms. The van der Waals surface area contributed by atoms with E-state index in [-0.39, 0.29) is 0 Å². The van der Waals surface area contributed by atoms with Gasteiger partial charge >= 0.3 is 0 Å². The lowest BCUT2D eigenvalue weighted by molar-refractivity contribution is 0.415. The summed E-state index contributed by atoms with van der Waals surface area (Å²) in [7, 11) is 1.65. The fourth-order valence-corrected chi connectivity index (χ4v) is 2.04. The van der Waals surface area contributed by atoms with Gasteiger partial charge in [-0.1, -0.05) is 15.9 Å². The maximum absolute atomic E-state index is 5.23. The second-order valence-electron chi connectivity index (χ2n) is 4.00. The van der Waals surface area contributed by atoms with E-state index in [1.54, 1.807) is 13.4 Å². The molecule has 0 spiro atoms. The summed E-state index contributed by atoms with van der Waals surface area (Å²) in [5.41, 5.74) is 0.982. The molecule has 0 saturated heterocycles. The van der Waals surface area contributed by atoms with Gasteiger partial charge in [0.2, 0.25) is 0 Å². The highest BCUT2D eigenvalue weighted by molar-refractivity contribution is 9.10. The molecule has 2 aromatic rings. The number of benzene rings is 1. The summed E-state index contributed by atoms with van der Waals surface area (Å²) in [5.74, 6) is 1.65. The van der Waals surface area contributed by atoms with Gasteiger partial charge in [0.1, 0.15) is 12.1 Å². The first-order valence-electron chi connectivity index (χ1n) is 5.37. The Morgan fingerprint density at radius 2 is 2.12 bits per heavy atom. The van der Waals surface area contributed by atoms with Crippen molar-refractivity contribution >= 4 is 15.9 Å². The van der Waals surface area contributed by atoms with Crippen molar-refractivity contribution in [3.05, 3.63) is 29.0 Å². The average Bonchev–Trinajstić information content (AvgIpc) is 2.78. The number of ether oxygens (including phenoxy) is 1. The topological polar surface area (TPSA) is 39.9 Å². The molecule has 0 aliphatic carbocycles. The summed E-state index contributed by atoms with van der Waals surface area (Å²) >= 11 is 3.53. The number of methoxy groups -OCH3 is 1. The van der Waals surface area contributed by atoms with Crippen LogP contribution in [-0.4, -0.2) is 21.9 Å². The van der Waals surface area contributed by atoms with Crippen LogP contribution in [0, 0.1) is 0 Å². The molecule has 0 unspecified atom stereocenters. The molecule has 0 bridgehead atoms. The first-order chi connectivity index (χ1) is 8.13. The van der Waals surface area contributed by atoms with Crippen molar-refractivity contribution in [3.63, 3.8) is 0 Å². The fraction of sp³-hybridized carbons (Fsp3) is 0.333. The van der Waals surface area contributed by atoms with Crippen LogP contribution in [0.25, 0.3) is 11.4 Å². The van der Waals surface area contributed by atoms with Gasteiger partial charge in [-0.05, 0) is 32.0 Å². The minimum Gasteiger partial charge on any atom is -0.497 e. The van der Waals surface area contributed by atoms with Gasteiger partial charge in [-0.2, -0.15) is 0 Å². The number of rotatable bonds is 3. The molecule has 0 aliphatic heterocycles. The van der Waals surface area contributed by atoms with Crippen LogP contribution < -0.4 is 4.74 Å². The van der Waals surface area contributed by atoms with E-state index in [1.807, 2.05) is 22.8 Å². The Kier molecular flexibility index (Phi) is 3.47. The smallest absolute Gasteiger partial charge is 0.165 e. The number of nitrogens with zero attached hydrogens (tertiary/aromatic N) is 3. The van der Waals surface area contributed by atoms with Gasteiger partial charge in [-0.3, -0.25) is 0 Å². The van der Waals surface area contributed by atoms with Gasteiger partial charge in [-0.25, -0.2) is 0 Å². The van der Waals surface area contributed by atoms with E-state index >= 15 is 0 Å². The molecule has 0 radical (unpaired) electrons. The summed E-state index contributed by atoms with van der Waals surface area (Å²) in [6, 6.07) is 6.13. The largest absolute Gasteiger partial charge is 0.497 e. The van der Waals surface area contributed by atoms with Crippen molar-refractivity contribution in [1.29, 1.82) is 0 Å². The second-order valence-corrected chi connectivity index (χ2v) is 4.86. The van der Waals surface area contributed by atoms with Crippen molar-refractivity contribution < 1.29 is 4.74 Å². The van der Waals surface area contributed by atoms with Gasteiger partial charge in [0, 0.05) is 16.1 Å². The molecule has 2 rings (SSSR count). The van der Waals surface area contributed by atoms with Crippen molar-refractivity contribution in [3.8, 4) is 17.1 Å². The molecule has 1 aromatic heterocycles. The maximum atomic E-state index is 5.23. The molecule has 0 N–H and O–H groups in total. The lowest BCUT2D eigenvalue weighted by Gasteiger charge is -2.12. The predicted octanol–water partition coefficient (Wildman–Crippen LogP) is 3.30. The van der Waals surface area contributed by atoms with E-state index in [0.29, 0.717) is 6.04 Å². The van der Waals surface area contributed by atoms with Crippen LogP contribution in [0.2, 0.25) is 0 Å². The van der Waals surface area contributed by atoms with Crippen LogP contribution in [0.4, 0.5) is 0 Å². The van der Waals surface area contributed by atoms with Gasteiger partial charge < -0.3 is 9.30 Å². The third-order valence-corrected chi connectivity index (χ3v) is 3.24. The Balaban J connectivity index is 2.55. The zero-order valence-corrected chi connectivity index (χ0v) is 11.6. The Morgan fingerprint density at radius 3 is 2.76 bits per heavy atom. The normalized spacial score (nSPS) is 10.9. The van der Waals surface area contributed by atoms with Gasteiger partial charge in [0.15, 0.2) is 5.82 Å². The average molecular weight is 296 g/mol. The van der Waals surface area contributed by atoms with E-state index < -0.39 is 0 Å². The zero-order chi connectivity index (χ0) is 12.4. The van der Waals surface area contributed by atoms with Gasteiger partial charge in [-0.15, -0.1) is 10.2 Å². The number of hydrogen-bond acceptors (Lipinski definition) is 3. The third kappa shape index (κ3) is 2.34. The molecular weight excluding hydrogens is 282 g/mol. The SMILES string of the molecule is COc1ccc(Br)c(-c2nncn2C(C)C)c1. The van der Waals surface area contributed by atoms with Crippen LogP contribution >= 0.6 is 15.9 Å². The molecule has 90 valence electrons. The quantitative estimate of drug-likeness (QED) is 0.872. The van der Waals surface area contributed by atoms with E-state index in [2.05, 4.69) is 40.0 Å². The number of hydrogen-bond donors (Lipinski definition) is 0. The molecule has 4 nitrogen and oxygen atoms in total. The van der Waals surface area contributed by atoms with Gasteiger partial charge in [0.05, 0.1) is 7.11 Å². The lowest BCUT2D eigenvalue weighted by atomic mass is 10.2. The third-order valence-electron chi connectivity index (χ3n) is 2.54. The van der Waals surface area contributed by atoms with Crippen molar-refractivity contribution in [2.24, 2.45) is 0 Å². The highest BCUT2D eigenvalue weighted by Gasteiger charge is 2.13. The molecule has 0 fully saturated rings. The van der Waals surface area contributed by atoms with Crippen LogP contribution in [0.3, 0.4) is 0 Å². The summed E-state index contributed by atoms with van der Waals surface area (Å²) in [4.78, 5) is 0. The summed E-state index contributed by atoms with van der Waals surface area (Å²) in [6.45, 7) is 4.20. The van der Waals surface area contributed by atoms with E-state index in [0.717, 1.165) is 21.6 Å². The minimum atomic E-state index is 0.318.